The Hall–Kier alpha value is -3.39. The lowest BCUT2D eigenvalue weighted by Crippen LogP contribution is -2.01. The lowest BCUT2D eigenvalue weighted by Gasteiger charge is -2.12. The maximum atomic E-state index is 9.22. The van der Waals surface area contributed by atoms with Gasteiger partial charge in [0, 0.05) is 34.6 Å². The molecule has 4 aromatic rings. The summed E-state index contributed by atoms with van der Waals surface area (Å²) in [7, 11) is 3.17. The van der Waals surface area contributed by atoms with Crippen LogP contribution in [0.3, 0.4) is 0 Å². The quantitative estimate of drug-likeness (QED) is 0.542. The smallest absolute Gasteiger partial charge is 0.162 e. The molecule has 0 spiro atoms. The molecule has 3 aromatic heterocycles. The number of hydrogen-bond donors (Lipinski definition) is 2. The second kappa shape index (κ2) is 6.16. The van der Waals surface area contributed by atoms with Crippen molar-refractivity contribution in [3.05, 3.63) is 42.6 Å². The third kappa shape index (κ3) is 2.47. The maximum Gasteiger partial charge on any atom is 0.162 e. The van der Waals surface area contributed by atoms with Gasteiger partial charge in [0.2, 0.25) is 0 Å². The zero-order valence-electron chi connectivity index (χ0n) is 14.3. The van der Waals surface area contributed by atoms with Crippen molar-refractivity contribution >= 4 is 27.5 Å². The molecule has 0 fully saturated rings. The van der Waals surface area contributed by atoms with Gasteiger partial charge in [-0.3, -0.25) is 9.55 Å². The van der Waals surface area contributed by atoms with Crippen molar-refractivity contribution in [1.82, 2.24) is 19.5 Å². The number of nitrogen functional groups attached to an aromatic ring is 1. The van der Waals surface area contributed by atoms with E-state index in [0.717, 1.165) is 21.7 Å². The van der Waals surface area contributed by atoms with Gasteiger partial charge in [0.15, 0.2) is 11.5 Å². The molecule has 0 amide bonds. The molecule has 26 heavy (non-hydrogen) atoms. The Bertz CT molecular complexity index is 1120. The van der Waals surface area contributed by atoms with E-state index in [4.69, 9.17) is 15.2 Å². The summed E-state index contributed by atoms with van der Waals surface area (Å²) in [6.07, 6.45) is 5.00. The van der Waals surface area contributed by atoms with Crippen LogP contribution in [0.5, 0.6) is 11.5 Å². The highest BCUT2D eigenvalue weighted by Crippen LogP contribution is 2.36. The van der Waals surface area contributed by atoms with Crippen molar-refractivity contribution in [2.24, 2.45) is 0 Å². The molecule has 0 saturated carbocycles. The molecule has 0 radical (unpaired) electrons. The monoisotopic (exact) mass is 351 g/mol. The number of anilines is 1. The molecule has 4 rings (SSSR count). The SMILES string of the molecule is COc1cc2ncc3c(N)nc(-n4cnc(CO)c4)cc3c2cc1OC. The third-order valence-electron chi connectivity index (χ3n) is 4.26. The number of rotatable bonds is 4. The van der Waals surface area contributed by atoms with Gasteiger partial charge in [-0.15, -0.1) is 0 Å². The third-order valence-corrected chi connectivity index (χ3v) is 4.26. The number of ether oxygens (including phenoxy) is 2. The lowest BCUT2D eigenvalue weighted by atomic mass is 10.1. The van der Waals surface area contributed by atoms with Crippen LogP contribution in [0.2, 0.25) is 0 Å². The first-order chi connectivity index (χ1) is 12.6. The average molecular weight is 351 g/mol. The number of hydrogen-bond acceptors (Lipinski definition) is 7. The van der Waals surface area contributed by atoms with Gasteiger partial charge >= 0.3 is 0 Å². The summed E-state index contributed by atoms with van der Waals surface area (Å²) in [4.78, 5) is 13.0. The number of aliphatic hydroxyl groups is 1. The second-order valence-electron chi connectivity index (χ2n) is 5.74. The van der Waals surface area contributed by atoms with Crippen LogP contribution in [-0.2, 0) is 6.61 Å². The van der Waals surface area contributed by atoms with Crippen molar-refractivity contribution < 1.29 is 14.6 Å². The van der Waals surface area contributed by atoms with Gasteiger partial charge in [0.05, 0.1) is 32.0 Å². The van der Waals surface area contributed by atoms with E-state index in [9.17, 15) is 5.11 Å². The number of benzene rings is 1. The highest BCUT2D eigenvalue weighted by Gasteiger charge is 2.13. The molecular formula is C18H17N5O3. The Labute approximate surface area is 148 Å². The van der Waals surface area contributed by atoms with Gasteiger partial charge in [-0.05, 0) is 12.1 Å². The number of methoxy groups -OCH3 is 2. The Morgan fingerprint density at radius 2 is 1.81 bits per heavy atom. The highest BCUT2D eigenvalue weighted by molar-refractivity contribution is 6.09. The molecule has 8 heteroatoms. The number of pyridine rings is 2. The molecule has 3 N–H and O–H groups in total. The van der Waals surface area contributed by atoms with Crippen molar-refractivity contribution in [2.45, 2.75) is 6.61 Å². The fourth-order valence-corrected chi connectivity index (χ4v) is 2.95. The van der Waals surface area contributed by atoms with E-state index in [-0.39, 0.29) is 6.61 Å². The Morgan fingerprint density at radius 1 is 1.04 bits per heavy atom. The summed E-state index contributed by atoms with van der Waals surface area (Å²) in [5.74, 6) is 2.18. The predicted octanol–water partition coefficient (Wildman–Crippen LogP) is 2.06. The predicted molar refractivity (Wildman–Crippen MR) is 97.6 cm³/mol. The largest absolute Gasteiger partial charge is 0.493 e. The van der Waals surface area contributed by atoms with E-state index < -0.39 is 0 Å². The Kier molecular flexibility index (Phi) is 3.81. The fourth-order valence-electron chi connectivity index (χ4n) is 2.95. The van der Waals surface area contributed by atoms with E-state index in [1.165, 1.54) is 0 Å². The summed E-state index contributed by atoms with van der Waals surface area (Å²) in [6.45, 7) is -0.139. The first-order valence-corrected chi connectivity index (χ1v) is 7.89. The van der Waals surface area contributed by atoms with Gasteiger partial charge in [-0.25, -0.2) is 9.97 Å². The first-order valence-electron chi connectivity index (χ1n) is 7.89. The number of nitrogens with zero attached hydrogens (tertiary/aromatic N) is 4. The Balaban J connectivity index is 2.02. The summed E-state index contributed by atoms with van der Waals surface area (Å²) >= 11 is 0. The van der Waals surface area contributed by atoms with Gasteiger partial charge in [0.1, 0.15) is 18.0 Å². The van der Waals surface area contributed by atoms with Crippen LogP contribution in [0, 0.1) is 0 Å². The van der Waals surface area contributed by atoms with E-state index in [1.807, 2.05) is 18.2 Å². The number of nitrogens with two attached hydrogens (primary N) is 1. The highest BCUT2D eigenvalue weighted by atomic mass is 16.5. The molecule has 0 saturated heterocycles. The maximum absolute atomic E-state index is 9.22. The first kappa shape index (κ1) is 16.1. The normalized spacial score (nSPS) is 11.2. The van der Waals surface area contributed by atoms with Crippen LogP contribution in [0.1, 0.15) is 5.69 Å². The van der Waals surface area contributed by atoms with Crippen molar-refractivity contribution in [3.63, 3.8) is 0 Å². The topological polar surface area (TPSA) is 108 Å². The summed E-state index contributed by atoms with van der Waals surface area (Å²) in [5.41, 5.74) is 7.47. The number of imidazole rings is 1. The van der Waals surface area contributed by atoms with Crippen LogP contribution < -0.4 is 15.2 Å². The summed E-state index contributed by atoms with van der Waals surface area (Å²) in [5, 5.41) is 11.7. The van der Waals surface area contributed by atoms with Gasteiger partial charge in [0.25, 0.3) is 0 Å². The minimum atomic E-state index is -0.139. The Morgan fingerprint density at radius 3 is 2.50 bits per heavy atom. The van der Waals surface area contributed by atoms with Crippen LogP contribution >= 0.6 is 0 Å². The van der Waals surface area contributed by atoms with Crippen molar-refractivity contribution in [2.75, 3.05) is 20.0 Å². The van der Waals surface area contributed by atoms with Crippen molar-refractivity contribution in [1.29, 1.82) is 0 Å². The molecule has 0 aliphatic carbocycles. The molecule has 0 unspecified atom stereocenters. The fraction of sp³-hybridized carbons (Fsp3) is 0.167. The molecule has 8 nitrogen and oxygen atoms in total. The average Bonchev–Trinajstić information content (AvgIpc) is 3.15. The van der Waals surface area contributed by atoms with Crippen LogP contribution in [-0.4, -0.2) is 38.8 Å². The zero-order valence-corrected chi connectivity index (χ0v) is 14.3. The van der Waals surface area contributed by atoms with E-state index >= 15 is 0 Å². The van der Waals surface area contributed by atoms with Gasteiger partial charge in [-0.2, -0.15) is 0 Å². The molecular weight excluding hydrogens is 334 g/mol. The number of aliphatic hydroxyl groups excluding tert-OH is 1. The molecule has 0 aliphatic heterocycles. The number of aromatic nitrogens is 4. The second-order valence-corrected chi connectivity index (χ2v) is 5.74. The lowest BCUT2D eigenvalue weighted by molar-refractivity contribution is 0.277. The minimum absolute atomic E-state index is 0.139. The zero-order chi connectivity index (χ0) is 18.3. The van der Waals surface area contributed by atoms with E-state index in [1.54, 1.807) is 37.5 Å². The van der Waals surface area contributed by atoms with Crippen LogP contribution in [0.15, 0.2) is 36.9 Å². The molecule has 0 bridgehead atoms. The molecule has 132 valence electrons. The summed E-state index contributed by atoms with van der Waals surface area (Å²) < 4.78 is 12.5. The minimum Gasteiger partial charge on any atom is -0.493 e. The molecule has 0 atom stereocenters. The molecule has 0 aliphatic rings. The standard InChI is InChI=1S/C18H17N5O3/c1-25-15-3-12-11-4-17(23-7-10(8-24)21-9-23)22-18(19)13(11)6-20-14(12)5-16(15)26-2/h3-7,9,24H,8H2,1-2H3,(H2,19,22). The van der Waals surface area contributed by atoms with Gasteiger partial charge in [-0.1, -0.05) is 0 Å². The van der Waals surface area contributed by atoms with Gasteiger partial charge < -0.3 is 20.3 Å². The van der Waals surface area contributed by atoms with E-state index in [2.05, 4.69) is 15.0 Å². The molecule has 3 heterocycles. The number of fused-ring (bicyclic) bond motifs is 3. The molecule has 1 aromatic carbocycles. The summed E-state index contributed by atoms with van der Waals surface area (Å²) in [6, 6.07) is 5.61. The van der Waals surface area contributed by atoms with Crippen LogP contribution in [0.25, 0.3) is 27.5 Å². The van der Waals surface area contributed by atoms with Crippen molar-refractivity contribution in [3.8, 4) is 17.3 Å². The van der Waals surface area contributed by atoms with E-state index in [0.29, 0.717) is 28.8 Å². The van der Waals surface area contributed by atoms with Crippen LogP contribution in [0.4, 0.5) is 5.82 Å².